The van der Waals surface area contributed by atoms with Crippen LogP contribution in [0.2, 0.25) is 0 Å². The fraction of sp³-hybridized carbons (Fsp3) is 0.105. The molecular weight excluding hydrogens is 484 g/mol. The van der Waals surface area contributed by atoms with Crippen LogP contribution in [0.4, 0.5) is 34.1 Å². The lowest BCUT2D eigenvalue weighted by Gasteiger charge is -2.32. The van der Waals surface area contributed by atoms with Crippen molar-refractivity contribution in [2.75, 3.05) is 9.80 Å². The van der Waals surface area contributed by atoms with Crippen molar-refractivity contribution in [2.45, 2.75) is 25.7 Å². The SMILES string of the molecule is C=CCCc1cc(N(c2ccccc2)c2ccccc2)c(CCC=C)cc1N(c1ccccc1)c1ccccc1. The molecule has 5 aromatic carbocycles. The summed E-state index contributed by atoms with van der Waals surface area (Å²) in [6, 6.07) is 47.4. The molecule has 0 aliphatic heterocycles. The first kappa shape index (κ1) is 26.8. The molecule has 0 aromatic heterocycles. The monoisotopic (exact) mass is 520 g/mol. The van der Waals surface area contributed by atoms with E-state index in [1.54, 1.807) is 0 Å². The highest BCUT2D eigenvalue weighted by Crippen LogP contribution is 2.44. The summed E-state index contributed by atoms with van der Waals surface area (Å²) in [7, 11) is 0. The number of rotatable bonds is 12. The minimum atomic E-state index is 0.890. The summed E-state index contributed by atoms with van der Waals surface area (Å²) >= 11 is 0. The summed E-state index contributed by atoms with van der Waals surface area (Å²) in [4.78, 5) is 4.77. The Bertz CT molecular complexity index is 1310. The van der Waals surface area contributed by atoms with Crippen molar-refractivity contribution in [1.82, 2.24) is 0 Å². The zero-order valence-corrected chi connectivity index (χ0v) is 23.0. The molecule has 0 bridgehead atoms. The fourth-order valence-corrected chi connectivity index (χ4v) is 5.16. The van der Waals surface area contributed by atoms with Gasteiger partial charge in [-0.05, 0) is 97.5 Å². The summed E-state index contributed by atoms with van der Waals surface area (Å²) < 4.78 is 0. The van der Waals surface area contributed by atoms with Crippen LogP contribution in [0.1, 0.15) is 24.0 Å². The number of para-hydroxylation sites is 4. The first-order chi connectivity index (χ1) is 19.8. The Balaban J connectivity index is 1.78. The van der Waals surface area contributed by atoms with Gasteiger partial charge in [-0.3, -0.25) is 0 Å². The molecule has 0 N–H and O–H groups in total. The normalized spacial score (nSPS) is 10.6. The molecule has 0 radical (unpaired) electrons. The van der Waals surface area contributed by atoms with E-state index in [1.807, 2.05) is 12.2 Å². The summed E-state index contributed by atoms with van der Waals surface area (Å²) in [5, 5.41) is 0. The molecule has 2 heteroatoms. The van der Waals surface area contributed by atoms with Gasteiger partial charge in [0.05, 0.1) is 0 Å². The van der Waals surface area contributed by atoms with Crippen LogP contribution >= 0.6 is 0 Å². The number of anilines is 6. The Hall–Kier alpha value is -4.82. The van der Waals surface area contributed by atoms with E-state index >= 15 is 0 Å². The van der Waals surface area contributed by atoms with Crippen molar-refractivity contribution in [3.63, 3.8) is 0 Å². The molecule has 0 saturated carbocycles. The lowest BCUT2D eigenvalue weighted by Crippen LogP contribution is -2.16. The van der Waals surface area contributed by atoms with Gasteiger partial charge in [0, 0.05) is 34.1 Å². The van der Waals surface area contributed by atoms with Crippen molar-refractivity contribution in [3.05, 3.63) is 170 Å². The predicted octanol–water partition coefficient (Wildman–Crippen LogP) is 10.9. The zero-order chi connectivity index (χ0) is 27.6. The number of nitrogens with zero attached hydrogens (tertiary/aromatic N) is 2. The van der Waals surface area contributed by atoms with Gasteiger partial charge in [-0.25, -0.2) is 0 Å². The Labute approximate surface area is 239 Å². The molecule has 0 heterocycles. The van der Waals surface area contributed by atoms with E-state index in [2.05, 4.69) is 156 Å². The van der Waals surface area contributed by atoms with Crippen LogP contribution in [-0.2, 0) is 12.8 Å². The Morgan fingerprint density at radius 2 is 0.700 bits per heavy atom. The summed E-state index contributed by atoms with van der Waals surface area (Å²) in [5.41, 5.74) is 9.51. The highest BCUT2D eigenvalue weighted by atomic mass is 15.2. The van der Waals surface area contributed by atoms with Crippen molar-refractivity contribution >= 4 is 34.1 Å². The molecule has 0 aliphatic carbocycles. The lowest BCUT2D eigenvalue weighted by atomic mass is 9.96. The topological polar surface area (TPSA) is 6.48 Å². The number of benzene rings is 5. The van der Waals surface area contributed by atoms with Crippen LogP contribution in [0.15, 0.2) is 159 Å². The van der Waals surface area contributed by atoms with E-state index in [0.717, 1.165) is 48.4 Å². The van der Waals surface area contributed by atoms with Gasteiger partial charge < -0.3 is 9.80 Å². The third-order valence-electron chi connectivity index (χ3n) is 7.05. The van der Waals surface area contributed by atoms with E-state index in [4.69, 9.17) is 0 Å². The van der Waals surface area contributed by atoms with Gasteiger partial charge in [0.25, 0.3) is 0 Å². The molecule has 5 rings (SSSR count). The molecule has 40 heavy (non-hydrogen) atoms. The fourth-order valence-electron chi connectivity index (χ4n) is 5.16. The van der Waals surface area contributed by atoms with Crippen LogP contribution in [0.3, 0.4) is 0 Å². The molecule has 0 spiro atoms. The number of hydrogen-bond acceptors (Lipinski definition) is 2. The summed E-state index contributed by atoms with van der Waals surface area (Å²) in [6.07, 6.45) is 7.59. The average molecular weight is 521 g/mol. The first-order valence-corrected chi connectivity index (χ1v) is 14.0. The highest BCUT2D eigenvalue weighted by Gasteiger charge is 2.22. The molecule has 0 atom stereocenters. The van der Waals surface area contributed by atoms with Crippen molar-refractivity contribution < 1.29 is 0 Å². The van der Waals surface area contributed by atoms with Crippen molar-refractivity contribution in [2.24, 2.45) is 0 Å². The predicted molar refractivity (Wildman–Crippen MR) is 173 cm³/mol. The van der Waals surface area contributed by atoms with Gasteiger partial charge in [0.2, 0.25) is 0 Å². The van der Waals surface area contributed by atoms with Crippen LogP contribution in [0, 0.1) is 0 Å². The van der Waals surface area contributed by atoms with E-state index < -0.39 is 0 Å². The van der Waals surface area contributed by atoms with Gasteiger partial charge in [-0.1, -0.05) is 84.9 Å². The van der Waals surface area contributed by atoms with Gasteiger partial charge >= 0.3 is 0 Å². The zero-order valence-electron chi connectivity index (χ0n) is 23.0. The van der Waals surface area contributed by atoms with E-state index in [9.17, 15) is 0 Å². The molecule has 0 amide bonds. The Morgan fingerprint density at radius 1 is 0.425 bits per heavy atom. The average Bonchev–Trinajstić information content (AvgIpc) is 3.02. The molecule has 5 aromatic rings. The molecule has 0 aliphatic rings. The Morgan fingerprint density at radius 3 is 0.950 bits per heavy atom. The third kappa shape index (κ3) is 6.08. The second-order valence-corrected chi connectivity index (χ2v) is 9.78. The lowest BCUT2D eigenvalue weighted by molar-refractivity contribution is 0.968. The van der Waals surface area contributed by atoms with Crippen molar-refractivity contribution in [1.29, 1.82) is 0 Å². The standard InChI is InChI=1S/C38H36N2/c1-3-5-19-31-29-38(40(35-25-15-9-16-26-35)36-27-17-10-18-28-36)32(20-6-4-2)30-37(31)39(33-21-11-7-12-22-33)34-23-13-8-14-24-34/h3-4,7-18,21-30H,1-2,5-6,19-20H2. The third-order valence-corrected chi connectivity index (χ3v) is 7.05. The van der Waals surface area contributed by atoms with Crippen molar-refractivity contribution in [3.8, 4) is 0 Å². The van der Waals surface area contributed by atoms with E-state index in [-0.39, 0.29) is 0 Å². The molecule has 0 saturated heterocycles. The van der Waals surface area contributed by atoms with Gasteiger partial charge in [-0.2, -0.15) is 0 Å². The molecule has 198 valence electrons. The number of hydrogen-bond donors (Lipinski definition) is 0. The van der Waals surface area contributed by atoms with Crippen LogP contribution in [0.5, 0.6) is 0 Å². The quantitative estimate of drug-likeness (QED) is 0.151. The smallest absolute Gasteiger partial charge is 0.0497 e. The molecular formula is C38H36N2. The summed E-state index contributed by atoms with van der Waals surface area (Å²) in [6.45, 7) is 8.08. The maximum absolute atomic E-state index is 4.04. The first-order valence-electron chi connectivity index (χ1n) is 14.0. The van der Waals surface area contributed by atoms with E-state index in [1.165, 1.54) is 22.5 Å². The molecule has 0 fully saturated rings. The van der Waals surface area contributed by atoms with Crippen LogP contribution in [0.25, 0.3) is 0 Å². The minimum absolute atomic E-state index is 0.890. The van der Waals surface area contributed by atoms with E-state index in [0.29, 0.717) is 0 Å². The highest BCUT2D eigenvalue weighted by molar-refractivity contribution is 5.85. The Kier molecular flexibility index (Phi) is 8.91. The molecule has 2 nitrogen and oxygen atoms in total. The van der Waals surface area contributed by atoms with Gasteiger partial charge in [0.15, 0.2) is 0 Å². The largest absolute Gasteiger partial charge is 0.310 e. The maximum Gasteiger partial charge on any atom is 0.0497 e. The second-order valence-electron chi connectivity index (χ2n) is 9.78. The van der Waals surface area contributed by atoms with Gasteiger partial charge in [-0.15, -0.1) is 13.2 Å². The number of aryl methyl sites for hydroxylation is 2. The number of allylic oxidation sites excluding steroid dienone is 2. The molecule has 0 unspecified atom stereocenters. The maximum atomic E-state index is 4.04. The van der Waals surface area contributed by atoms with Crippen LogP contribution < -0.4 is 9.80 Å². The summed E-state index contributed by atoms with van der Waals surface area (Å²) in [5.74, 6) is 0. The second kappa shape index (κ2) is 13.3. The van der Waals surface area contributed by atoms with Gasteiger partial charge in [0.1, 0.15) is 0 Å². The van der Waals surface area contributed by atoms with Crippen LogP contribution in [-0.4, -0.2) is 0 Å². The minimum Gasteiger partial charge on any atom is -0.310 e.